The average molecular weight is 676 g/mol. The van der Waals surface area contributed by atoms with Crippen molar-refractivity contribution in [1.29, 1.82) is 0 Å². The lowest BCUT2D eigenvalue weighted by molar-refractivity contribution is -0.111. The number of anilines is 4. The molecule has 1 aliphatic heterocycles. The van der Waals surface area contributed by atoms with E-state index in [4.69, 9.17) is 37.7 Å². The zero-order valence-corrected chi connectivity index (χ0v) is 28.2. The van der Waals surface area contributed by atoms with Crippen molar-refractivity contribution in [2.45, 2.75) is 13.3 Å². The Morgan fingerprint density at radius 3 is 2.64 bits per heavy atom. The Balaban J connectivity index is 1.38. The molecule has 2 N–H and O–H groups in total. The number of hydrogen-bond acceptors (Lipinski definition) is 9. The molecule has 0 saturated carbocycles. The van der Waals surface area contributed by atoms with Gasteiger partial charge in [0.05, 0.1) is 41.7 Å². The third-order valence-electron chi connectivity index (χ3n) is 7.94. The Hall–Kier alpha value is -4.42. The number of hydrogen-bond donors (Lipinski definition) is 2. The molecule has 47 heavy (non-hydrogen) atoms. The fraction of sp³-hybridized carbons (Fsp3) is 0.294. The van der Waals surface area contributed by atoms with Crippen LogP contribution in [0.4, 0.5) is 23.0 Å². The number of rotatable bonds is 10. The van der Waals surface area contributed by atoms with E-state index in [2.05, 4.69) is 25.5 Å². The Labute approximate surface area is 283 Å². The maximum absolute atomic E-state index is 12.9. The lowest BCUT2D eigenvalue weighted by Gasteiger charge is -2.29. The van der Waals surface area contributed by atoms with Gasteiger partial charge in [0, 0.05) is 66.5 Å². The van der Waals surface area contributed by atoms with E-state index in [0.29, 0.717) is 76.2 Å². The zero-order chi connectivity index (χ0) is 33.1. The van der Waals surface area contributed by atoms with Crippen molar-refractivity contribution in [2.75, 3.05) is 69.6 Å². The highest BCUT2D eigenvalue weighted by Gasteiger charge is 2.22. The summed E-state index contributed by atoms with van der Waals surface area (Å²) in [6.45, 7) is 5.52. The maximum atomic E-state index is 12.9. The molecule has 1 saturated heterocycles. The second-order valence-electron chi connectivity index (χ2n) is 11.4. The van der Waals surface area contributed by atoms with E-state index in [1.54, 1.807) is 19.5 Å². The van der Waals surface area contributed by atoms with Gasteiger partial charge in [-0.25, -0.2) is 9.97 Å². The number of methoxy groups -OCH3 is 1. The van der Waals surface area contributed by atoms with Crippen LogP contribution in [0, 0.1) is 0 Å². The summed E-state index contributed by atoms with van der Waals surface area (Å²) >= 11 is 13.7. The number of amides is 1. The van der Waals surface area contributed by atoms with Gasteiger partial charge in [0.2, 0.25) is 11.9 Å². The number of carbonyl (C=O) groups is 1. The van der Waals surface area contributed by atoms with Crippen molar-refractivity contribution in [3.8, 4) is 16.9 Å². The second-order valence-corrected chi connectivity index (χ2v) is 12.1. The molecule has 0 aliphatic carbocycles. The summed E-state index contributed by atoms with van der Waals surface area (Å²) in [5.41, 5.74) is 5.80. The van der Waals surface area contributed by atoms with Gasteiger partial charge in [0.1, 0.15) is 11.4 Å². The summed E-state index contributed by atoms with van der Waals surface area (Å²) in [4.78, 5) is 31.3. The summed E-state index contributed by atoms with van der Waals surface area (Å²) in [5.74, 6) is 0.658. The number of imidazole rings is 1. The van der Waals surface area contributed by atoms with Crippen LogP contribution in [0.5, 0.6) is 5.75 Å². The molecular formula is C34H36Cl2N8O3. The molecule has 0 radical (unpaired) electrons. The summed E-state index contributed by atoms with van der Waals surface area (Å²) in [5, 5.41) is 8.06. The second kappa shape index (κ2) is 14.1. The van der Waals surface area contributed by atoms with Crippen molar-refractivity contribution in [3.63, 3.8) is 0 Å². The van der Waals surface area contributed by atoms with E-state index in [-0.39, 0.29) is 5.91 Å². The molecule has 0 atom stereocenters. The first-order valence-electron chi connectivity index (χ1n) is 15.3. The molecule has 6 rings (SSSR count). The highest BCUT2D eigenvalue weighted by molar-refractivity contribution is 6.41. The van der Waals surface area contributed by atoms with Gasteiger partial charge < -0.3 is 29.9 Å². The van der Waals surface area contributed by atoms with Crippen LogP contribution in [0.2, 0.25) is 10.0 Å². The van der Waals surface area contributed by atoms with Crippen LogP contribution in [-0.2, 0) is 16.0 Å². The highest BCUT2D eigenvalue weighted by Crippen LogP contribution is 2.45. The largest absolute Gasteiger partial charge is 0.495 e. The zero-order valence-electron chi connectivity index (χ0n) is 26.7. The average Bonchev–Trinajstić information content (AvgIpc) is 3.57. The Morgan fingerprint density at radius 1 is 1.09 bits per heavy atom. The Kier molecular flexibility index (Phi) is 9.79. The van der Waals surface area contributed by atoms with Gasteiger partial charge in [-0.05, 0) is 56.4 Å². The monoisotopic (exact) mass is 674 g/mol. The molecule has 11 nitrogen and oxygen atoms in total. The highest BCUT2D eigenvalue weighted by atomic mass is 35.5. The van der Waals surface area contributed by atoms with E-state index >= 15 is 0 Å². The van der Waals surface area contributed by atoms with E-state index in [9.17, 15) is 4.79 Å². The molecule has 13 heteroatoms. The lowest BCUT2D eigenvalue weighted by Crippen LogP contribution is -2.36. The lowest BCUT2D eigenvalue weighted by atomic mass is 10.0. The summed E-state index contributed by atoms with van der Waals surface area (Å²) in [6, 6.07) is 9.70. The van der Waals surface area contributed by atoms with Crippen molar-refractivity contribution in [3.05, 3.63) is 76.7 Å². The van der Waals surface area contributed by atoms with Crippen LogP contribution in [0.1, 0.15) is 12.5 Å². The van der Waals surface area contributed by atoms with Crippen LogP contribution in [-0.4, -0.2) is 84.2 Å². The number of halogens is 2. The predicted molar refractivity (Wildman–Crippen MR) is 189 cm³/mol. The molecule has 0 bridgehead atoms. The molecule has 244 valence electrons. The maximum Gasteiger partial charge on any atom is 0.248 e. The number of likely N-dealkylation sites (N-methyl/N-ethyl adjacent to an activating group) is 1. The van der Waals surface area contributed by atoms with Gasteiger partial charge >= 0.3 is 0 Å². The minimum absolute atomic E-state index is 0.234. The summed E-state index contributed by atoms with van der Waals surface area (Å²) in [6.07, 6.45) is 9.34. The molecule has 2 aromatic carbocycles. The van der Waals surface area contributed by atoms with Crippen LogP contribution >= 0.6 is 23.2 Å². The van der Waals surface area contributed by atoms with Crippen molar-refractivity contribution in [1.82, 2.24) is 24.3 Å². The molecule has 1 fully saturated rings. The van der Waals surface area contributed by atoms with Crippen molar-refractivity contribution in [2.24, 2.45) is 0 Å². The van der Waals surface area contributed by atoms with Gasteiger partial charge in [0.25, 0.3) is 0 Å². The van der Waals surface area contributed by atoms with Gasteiger partial charge in [-0.1, -0.05) is 36.2 Å². The molecule has 4 heterocycles. The molecule has 0 unspecified atom stereocenters. The number of nitrogens with one attached hydrogen (secondary N) is 2. The first-order valence-corrected chi connectivity index (χ1v) is 16.1. The fourth-order valence-corrected chi connectivity index (χ4v) is 6.31. The standard InChI is InChI=1S/C34H36Cl2N8O3/c1-5-21-18-27(46-4)31(36)29(30(21)35)24-17-22-20-38-34(41-32(22)44-12-10-37-33(24)44)40-25-9-8-23(43-13-15-47-16-14-43)19-26(25)39-28(45)7-6-11-42(2)3/h6-10,12,17-20H,5,11,13-16H2,1-4H3,(H,39,45)(H,38,40,41)/b7-6+. The van der Waals surface area contributed by atoms with Gasteiger partial charge in [-0.15, -0.1) is 0 Å². The van der Waals surface area contributed by atoms with Crippen molar-refractivity contribution < 1.29 is 14.3 Å². The number of ether oxygens (including phenoxy) is 2. The van der Waals surface area contributed by atoms with Crippen LogP contribution < -0.4 is 20.3 Å². The fourth-order valence-electron chi connectivity index (χ4n) is 5.55. The smallest absolute Gasteiger partial charge is 0.248 e. The third-order valence-corrected chi connectivity index (χ3v) is 8.75. The van der Waals surface area contributed by atoms with E-state index in [0.717, 1.165) is 35.3 Å². The van der Waals surface area contributed by atoms with Crippen LogP contribution in [0.3, 0.4) is 0 Å². The number of nitrogens with zero attached hydrogens (tertiary/aromatic N) is 6. The summed E-state index contributed by atoms with van der Waals surface area (Å²) < 4.78 is 13.0. The number of morpholine rings is 1. The van der Waals surface area contributed by atoms with E-state index < -0.39 is 0 Å². The van der Waals surface area contributed by atoms with Crippen LogP contribution in [0.15, 0.2) is 61.1 Å². The number of aromatic nitrogens is 4. The first-order chi connectivity index (χ1) is 22.8. The molecule has 5 aromatic rings. The molecule has 0 spiro atoms. The number of benzene rings is 2. The van der Waals surface area contributed by atoms with E-state index in [1.165, 1.54) is 6.08 Å². The predicted octanol–water partition coefficient (Wildman–Crippen LogP) is 6.46. The quantitative estimate of drug-likeness (QED) is 0.161. The van der Waals surface area contributed by atoms with Gasteiger partial charge in [-0.3, -0.25) is 9.20 Å². The third kappa shape index (κ3) is 6.84. The normalized spacial score (nSPS) is 13.6. The Bertz CT molecular complexity index is 1940. The first kappa shape index (κ1) is 32.5. The SMILES string of the molecule is CCc1cc(OC)c(Cl)c(-c2cc3cnc(Nc4ccc(N5CCOCC5)cc4NC(=O)/C=C/CN(C)C)nc3n3ccnc23)c1Cl. The number of fused-ring (bicyclic) bond motifs is 3. The Morgan fingerprint density at radius 2 is 1.89 bits per heavy atom. The number of carbonyl (C=O) groups excluding carboxylic acids is 1. The van der Waals surface area contributed by atoms with Gasteiger partial charge in [-0.2, -0.15) is 4.98 Å². The molecular weight excluding hydrogens is 639 g/mol. The molecule has 3 aromatic heterocycles. The number of aryl methyl sites for hydroxylation is 1. The summed E-state index contributed by atoms with van der Waals surface area (Å²) in [7, 11) is 5.48. The minimum Gasteiger partial charge on any atom is -0.495 e. The van der Waals surface area contributed by atoms with Crippen molar-refractivity contribution >= 4 is 68.8 Å². The van der Waals surface area contributed by atoms with E-state index in [1.807, 2.05) is 72.9 Å². The minimum atomic E-state index is -0.234. The van der Waals surface area contributed by atoms with Gasteiger partial charge in [0.15, 0.2) is 5.65 Å². The molecule has 1 aliphatic rings. The number of pyridine rings is 1. The molecule has 1 amide bonds. The van der Waals surface area contributed by atoms with Crippen LogP contribution in [0.25, 0.3) is 27.8 Å². The topological polar surface area (TPSA) is 109 Å².